The van der Waals surface area contributed by atoms with Gasteiger partial charge < -0.3 is 20.9 Å². The van der Waals surface area contributed by atoms with Gasteiger partial charge in [0.05, 0.1) is 24.4 Å². The van der Waals surface area contributed by atoms with E-state index in [2.05, 4.69) is 19.2 Å². The normalized spacial score (nSPS) is 11.3. The van der Waals surface area contributed by atoms with Crippen LogP contribution in [-0.2, 0) is 0 Å². The third-order valence-electron chi connectivity index (χ3n) is 3.38. The van der Waals surface area contributed by atoms with Crippen LogP contribution in [0.2, 0.25) is 0 Å². The van der Waals surface area contributed by atoms with Crippen LogP contribution in [0.5, 0.6) is 5.75 Å². The van der Waals surface area contributed by atoms with E-state index in [1.165, 1.54) is 0 Å². The molecule has 0 spiro atoms. The van der Waals surface area contributed by atoms with Crippen LogP contribution in [0.3, 0.4) is 0 Å². The number of nitrogen functional groups attached to an aromatic ring is 1. The number of aliphatic hydroxyl groups excluding tert-OH is 1. The van der Waals surface area contributed by atoms with Gasteiger partial charge in [0.1, 0.15) is 5.75 Å². The molecule has 0 amide bonds. The average molecular weight is 252 g/mol. The Balaban J connectivity index is 2.93. The van der Waals surface area contributed by atoms with Crippen molar-refractivity contribution in [3.05, 3.63) is 18.2 Å². The summed E-state index contributed by atoms with van der Waals surface area (Å²) in [7, 11) is 0. The summed E-state index contributed by atoms with van der Waals surface area (Å²) in [6, 6.07) is 5.61. The van der Waals surface area contributed by atoms with E-state index in [4.69, 9.17) is 10.5 Å². The van der Waals surface area contributed by atoms with E-state index in [9.17, 15) is 5.11 Å². The van der Waals surface area contributed by atoms with Gasteiger partial charge in [-0.05, 0) is 31.9 Å². The van der Waals surface area contributed by atoms with Gasteiger partial charge in [-0.1, -0.05) is 13.8 Å². The van der Waals surface area contributed by atoms with E-state index < -0.39 is 0 Å². The molecule has 0 unspecified atom stereocenters. The molecule has 0 aliphatic rings. The highest BCUT2D eigenvalue weighted by molar-refractivity contribution is 5.62. The van der Waals surface area contributed by atoms with Crippen molar-refractivity contribution in [3.8, 4) is 5.75 Å². The van der Waals surface area contributed by atoms with Crippen molar-refractivity contribution in [2.24, 2.45) is 0 Å². The lowest BCUT2D eigenvalue weighted by Gasteiger charge is -2.32. The highest BCUT2D eigenvalue weighted by Gasteiger charge is 2.24. The van der Waals surface area contributed by atoms with Gasteiger partial charge in [0, 0.05) is 11.8 Å². The Bertz CT molecular complexity index is 368. The molecule has 0 saturated carbocycles. The van der Waals surface area contributed by atoms with E-state index in [1.54, 1.807) is 0 Å². The molecule has 4 nitrogen and oxygen atoms in total. The van der Waals surface area contributed by atoms with E-state index in [0.717, 1.165) is 18.5 Å². The summed E-state index contributed by atoms with van der Waals surface area (Å²) in [4.78, 5) is 0. The van der Waals surface area contributed by atoms with Crippen molar-refractivity contribution < 1.29 is 9.84 Å². The number of hydrogen-bond donors (Lipinski definition) is 3. The topological polar surface area (TPSA) is 67.5 Å². The lowest BCUT2D eigenvalue weighted by Crippen LogP contribution is -2.40. The number of nitrogens with two attached hydrogens (primary N) is 1. The van der Waals surface area contributed by atoms with Crippen molar-refractivity contribution >= 4 is 11.4 Å². The van der Waals surface area contributed by atoms with E-state index in [-0.39, 0.29) is 12.1 Å². The molecular formula is C14H24N2O2. The fourth-order valence-electron chi connectivity index (χ4n) is 1.89. The zero-order valence-corrected chi connectivity index (χ0v) is 11.5. The minimum atomic E-state index is -0.278. The number of benzene rings is 1. The fourth-order valence-corrected chi connectivity index (χ4v) is 1.89. The van der Waals surface area contributed by atoms with Gasteiger partial charge in [-0.2, -0.15) is 0 Å². The smallest absolute Gasteiger partial charge is 0.144 e. The van der Waals surface area contributed by atoms with Crippen molar-refractivity contribution in [2.45, 2.75) is 39.2 Å². The zero-order chi connectivity index (χ0) is 13.6. The molecule has 0 atom stereocenters. The Morgan fingerprint density at radius 1 is 1.28 bits per heavy atom. The minimum Gasteiger partial charge on any atom is -0.492 e. The molecule has 1 aromatic rings. The number of aliphatic hydroxyl groups is 1. The molecule has 0 saturated heterocycles. The Morgan fingerprint density at radius 2 is 1.94 bits per heavy atom. The largest absolute Gasteiger partial charge is 0.492 e. The highest BCUT2D eigenvalue weighted by atomic mass is 16.5. The number of rotatable bonds is 7. The fraction of sp³-hybridized carbons (Fsp3) is 0.571. The van der Waals surface area contributed by atoms with Gasteiger partial charge in [-0.15, -0.1) is 0 Å². The molecule has 102 valence electrons. The standard InChI is InChI=1S/C14H24N2O2/c1-4-14(5-2,10-17)16-11-7-8-12(15)13(9-11)18-6-3/h7-9,16-17H,4-6,10,15H2,1-3H3. The predicted molar refractivity (Wildman–Crippen MR) is 76.0 cm³/mol. The maximum atomic E-state index is 9.55. The maximum Gasteiger partial charge on any atom is 0.144 e. The molecule has 0 radical (unpaired) electrons. The van der Waals surface area contributed by atoms with Crippen LogP contribution in [0.25, 0.3) is 0 Å². The number of nitrogens with one attached hydrogen (secondary N) is 1. The molecular weight excluding hydrogens is 228 g/mol. The van der Waals surface area contributed by atoms with Crippen LogP contribution in [-0.4, -0.2) is 23.9 Å². The van der Waals surface area contributed by atoms with Crippen molar-refractivity contribution in [3.63, 3.8) is 0 Å². The monoisotopic (exact) mass is 252 g/mol. The molecule has 1 aromatic carbocycles. The van der Waals surface area contributed by atoms with Gasteiger partial charge in [0.15, 0.2) is 0 Å². The lowest BCUT2D eigenvalue weighted by atomic mass is 9.93. The third-order valence-corrected chi connectivity index (χ3v) is 3.38. The van der Waals surface area contributed by atoms with Gasteiger partial charge in [0.25, 0.3) is 0 Å². The van der Waals surface area contributed by atoms with E-state index in [1.807, 2.05) is 25.1 Å². The molecule has 0 bridgehead atoms. The summed E-state index contributed by atoms with van der Waals surface area (Å²) in [6.45, 7) is 6.74. The number of hydrogen-bond acceptors (Lipinski definition) is 4. The third kappa shape index (κ3) is 3.29. The van der Waals surface area contributed by atoms with Crippen molar-refractivity contribution in [2.75, 3.05) is 24.3 Å². The second kappa shape index (κ2) is 6.50. The second-order valence-corrected chi connectivity index (χ2v) is 4.46. The first-order chi connectivity index (χ1) is 8.60. The molecule has 0 aromatic heterocycles. The molecule has 18 heavy (non-hydrogen) atoms. The zero-order valence-electron chi connectivity index (χ0n) is 11.5. The number of anilines is 2. The van der Waals surface area contributed by atoms with E-state index >= 15 is 0 Å². The molecule has 0 aliphatic heterocycles. The highest BCUT2D eigenvalue weighted by Crippen LogP contribution is 2.29. The van der Waals surface area contributed by atoms with Crippen LogP contribution in [0, 0.1) is 0 Å². The Morgan fingerprint density at radius 3 is 2.44 bits per heavy atom. The lowest BCUT2D eigenvalue weighted by molar-refractivity contribution is 0.202. The van der Waals surface area contributed by atoms with Gasteiger partial charge in [0.2, 0.25) is 0 Å². The molecule has 4 heteroatoms. The second-order valence-electron chi connectivity index (χ2n) is 4.46. The van der Waals surface area contributed by atoms with Crippen molar-refractivity contribution in [1.82, 2.24) is 0 Å². The van der Waals surface area contributed by atoms with Crippen LogP contribution in [0.15, 0.2) is 18.2 Å². The Labute approximate surface area is 109 Å². The Hall–Kier alpha value is -1.42. The maximum absolute atomic E-state index is 9.55. The van der Waals surface area contributed by atoms with Crippen LogP contribution in [0.4, 0.5) is 11.4 Å². The first-order valence-electron chi connectivity index (χ1n) is 6.52. The van der Waals surface area contributed by atoms with Crippen LogP contribution in [0.1, 0.15) is 33.6 Å². The quantitative estimate of drug-likeness (QED) is 0.653. The molecule has 1 rings (SSSR count). The average Bonchev–Trinajstić information content (AvgIpc) is 2.40. The molecule has 0 aliphatic carbocycles. The summed E-state index contributed by atoms with van der Waals surface area (Å²) in [6.07, 6.45) is 1.71. The first-order valence-corrected chi connectivity index (χ1v) is 6.52. The summed E-state index contributed by atoms with van der Waals surface area (Å²) in [5.41, 5.74) is 7.11. The molecule has 0 fully saturated rings. The minimum absolute atomic E-state index is 0.106. The Kier molecular flexibility index (Phi) is 5.28. The number of ether oxygens (including phenoxy) is 1. The van der Waals surface area contributed by atoms with Crippen molar-refractivity contribution in [1.29, 1.82) is 0 Å². The molecule has 4 N–H and O–H groups in total. The summed E-state index contributed by atoms with van der Waals surface area (Å²) < 4.78 is 5.47. The summed E-state index contributed by atoms with van der Waals surface area (Å²) in [5, 5.41) is 12.9. The summed E-state index contributed by atoms with van der Waals surface area (Å²) in [5.74, 6) is 0.682. The van der Waals surface area contributed by atoms with Crippen LogP contribution < -0.4 is 15.8 Å². The van der Waals surface area contributed by atoms with Gasteiger partial charge in [-0.3, -0.25) is 0 Å². The van der Waals surface area contributed by atoms with Gasteiger partial charge >= 0.3 is 0 Å². The first kappa shape index (κ1) is 14.6. The van der Waals surface area contributed by atoms with Gasteiger partial charge in [-0.25, -0.2) is 0 Å². The predicted octanol–water partition coefficient (Wildman–Crippen LogP) is 2.63. The summed E-state index contributed by atoms with van der Waals surface area (Å²) >= 11 is 0. The SMILES string of the molecule is CCOc1cc(NC(CC)(CC)CO)ccc1N. The van der Waals surface area contributed by atoms with E-state index in [0.29, 0.717) is 18.0 Å². The molecule has 0 heterocycles. The van der Waals surface area contributed by atoms with Crippen LogP contribution >= 0.6 is 0 Å².